The van der Waals surface area contributed by atoms with Gasteiger partial charge in [0.1, 0.15) is 5.69 Å². The topological polar surface area (TPSA) is 153 Å². The van der Waals surface area contributed by atoms with Crippen LogP contribution in [0.1, 0.15) is 32.1 Å². The minimum atomic E-state index is -1.62. The average Bonchev–Trinajstić information content (AvgIpc) is 3.38. The van der Waals surface area contributed by atoms with Gasteiger partial charge in [-0.15, -0.1) is 0 Å². The SMILES string of the molecule is Cc1[nH]c(C(=O)N(Cc2ccc(C(=O)O)cc2)c2nc3ccc(NC(=O)C(=O)O)cc3s2)c(Cl)c1Cl. The number of anilines is 2. The molecule has 4 N–H and O–H groups in total. The number of thiazole rings is 1. The first-order valence-corrected chi connectivity index (χ1v) is 11.7. The van der Waals surface area contributed by atoms with Gasteiger partial charge >= 0.3 is 17.8 Å². The highest BCUT2D eigenvalue weighted by Crippen LogP contribution is 2.35. The summed E-state index contributed by atoms with van der Waals surface area (Å²) in [5.74, 6) is -4.40. The van der Waals surface area contributed by atoms with Crippen molar-refractivity contribution in [2.75, 3.05) is 10.2 Å². The van der Waals surface area contributed by atoms with Crippen LogP contribution in [0.5, 0.6) is 0 Å². The van der Waals surface area contributed by atoms with Crippen molar-refractivity contribution >= 4 is 79.3 Å². The van der Waals surface area contributed by atoms with Gasteiger partial charge in [0.2, 0.25) is 0 Å². The molecule has 0 fully saturated rings. The second-order valence-electron chi connectivity index (χ2n) is 7.58. The number of nitrogens with zero attached hydrogens (tertiary/aromatic N) is 2. The van der Waals surface area contributed by atoms with Gasteiger partial charge in [-0.2, -0.15) is 0 Å². The molecule has 2 aromatic carbocycles. The maximum atomic E-state index is 13.6. The molecule has 0 bridgehead atoms. The number of fused-ring (bicyclic) bond motifs is 1. The molecule has 36 heavy (non-hydrogen) atoms. The third-order valence-corrected chi connectivity index (χ3v) is 7.10. The summed E-state index contributed by atoms with van der Waals surface area (Å²) in [7, 11) is 0. The first kappa shape index (κ1) is 25.2. The Labute approximate surface area is 217 Å². The second kappa shape index (κ2) is 9.97. The number of carboxylic acids is 2. The number of benzene rings is 2. The predicted molar refractivity (Wildman–Crippen MR) is 135 cm³/mol. The number of hydrogen-bond acceptors (Lipinski definition) is 6. The van der Waals surface area contributed by atoms with Crippen molar-refractivity contribution in [1.82, 2.24) is 9.97 Å². The number of carbonyl (C=O) groups is 4. The van der Waals surface area contributed by atoms with Crippen molar-refractivity contribution in [1.29, 1.82) is 0 Å². The van der Waals surface area contributed by atoms with Crippen LogP contribution < -0.4 is 10.2 Å². The van der Waals surface area contributed by atoms with Crippen molar-refractivity contribution in [3.8, 4) is 0 Å². The van der Waals surface area contributed by atoms with E-state index in [1.807, 2.05) is 0 Å². The monoisotopic (exact) mass is 546 g/mol. The zero-order valence-corrected chi connectivity index (χ0v) is 20.7. The fraction of sp³-hybridized carbons (Fsp3) is 0.0870. The van der Waals surface area contributed by atoms with Crippen LogP contribution in [-0.4, -0.2) is 43.9 Å². The fourth-order valence-electron chi connectivity index (χ4n) is 3.31. The Morgan fingerprint density at radius 2 is 1.75 bits per heavy atom. The minimum absolute atomic E-state index is 0.0349. The number of rotatable bonds is 6. The zero-order chi connectivity index (χ0) is 26.1. The van der Waals surface area contributed by atoms with Gasteiger partial charge in [0.25, 0.3) is 5.91 Å². The number of halogens is 2. The number of H-pyrrole nitrogens is 1. The van der Waals surface area contributed by atoms with Crippen LogP contribution in [0.25, 0.3) is 10.2 Å². The van der Waals surface area contributed by atoms with E-state index in [2.05, 4.69) is 15.3 Å². The number of aromatic nitrogens is 2. The molecular formula is C23H16Cl2N4O6S. The van der Waals surface area contributed by atoms with E-state index in [4.69, 9.17) is 33.4 Å². The average molecular weight is 547 g/mol. The summed E-state index contributed by atoms with van der Waals surface area (Å²) in [5, 5.41) is 20.8. The molecule has 2 aromatic heterocycles. The Balaban J connectivity index is 1.74. The Morgan fingerprint density at radius 1 is 1.06 bits per heavy atom. The van der Waals surface area contributed by atoms with Gasteiger partial charge in [-0.3, -0.25) is 14.5 Å². The Morgan fingerprint density at radius 3 is 2.33 bits per heavy atom. The van der Waals surface area contributed by atoms with Crippen LogP contribution in [0.3, 0.4) is 0 Å². The number of carbonyl (C=O) groups excluding carboxylic acids is 2. The summed E-state index contributed by atoms with van der Waals surface area (Å²) >= 11 is 13.6. The van der Waals surface area contributed by atoms with Gasteiger partial charge in [-0.25, -0.2) is 14.6 Å². The first-order chi connectivity index (χ1) is 17.0. The number of amides is 2. The number of hydrogen-bond donors (Lipinski definition) is 4. The van der Waals surface area contributed by atoms with E-state index in [-0.39, 0.29) is 33.5 Å². The summed E-state index contributed by atoms with van der Waals surface area (Å²) in [6, 6.07) is 10.7. The van der Waals surface area contributed by atoms with Gasteiger partial charge in [0.05, 0.1) is 32.4 Å². The highest BCUT2D eigenvalue weighted by Gasteiger charge is 2.27. The molecule has 0 spiro atoms. The van der Waals surface area contributed by atoms with Gasteiger partial charge in [-0.05, 0) is 42.8 Å². The molecule has 13 heteroatoms. The molecule has 2 heterocycles. The number of aliphatic carboxylic acids is 1. The van der Waals surface area contributed by atoms with Crippen molar-refractivity contribution < 1.29 is 29.4 Å². The van der Waals surface area contributed by atoms with E-state index in [1.54, 1.807) is 31.2 Å². The summed E-state index contributed by atoms with van der Waals surface area (Å²) in [5.41, 5.74) is 2.07. The van der Waals surface area contributed by atoms with Crippen LogP contribution in [0.4, 0.5) is 10.8 Å². The molecule has 0 atom stereocenters. The van der Waals surface area contributed by atoms with E-state index in [9.17, 15) is 19.2 Å². The molecule has 184 valence electrons. The Hall–Kier alpha value is -3.93. The van der Waals surface area contributed by atoms with Crippen LogP contribution >= 0.6 is 34.5 Å². The minimum Gasteiger partial charge on any atom is -0.478 e. The predicted octanol–water partition coefficient (Wildman–Crippen LogP) is 4.81. The molecule has 0 saturated carbocycles. The molecular weight excluding hydrogens is 531 g/mol. The van der Waals surface area contributed by atoms with Crippen molar-refractivity contribution in [3.05, 3.63) is 75.0 Å². The quantitative estimate of drug-likeness (QED) is 0.253. The Kier molecular flexibility index (Phi) is 6.97. The lowest BCUT2D eigenvalue weighted by atomic mass is 10.1. The molecule has 4 aromatic rings. The highest BCUT2D eigenvalue weighted by atomic mass is 35.5. The van der Waals surface area contributed by atoms with E-state index >= 15 is 0 Å². The van der Waals surface area contributed by atoms with Crippen molar-refractivity contribution in [2.24, 2.45) is 0 Å². The van der Waals surface area contributed by atoms with Gasteiger partial charge < -0.3 is 20.5 Å². The van der Waals surface area contributed by atoms with Gasteiger partial charge in [0.15, 0.2) is 5.13 Å². The molecule has 4 rings (SSSR count). The second-order valence-corrected chi connectivity index (χ2v) is 9.35. The van der Waals surface area contributed by atoms with Crippen LogP contribution in [0.2, 0.25) is 10.0 Å². The van der Waals surface area contributed by atoms with E-state index in [0.717, 1.165) is 11.3 Å². The summed E-state index contributed by atoms with van der Waals surface area (Å²) in [6.07, 6.45) is 0. The molecule has 0 aliphatic carbocycles. The van der Waals surface area contributed by atoms with Crippen molar-refractivity contribution in [2.45, 2.75) is 13.5 Å². The molecule has 0 radical (unpaired) electrons. The van der Waals surface area contributed by atoms with E-state index in [0.29, 0.717) is 26.6 Å². The summed E-state index contributed by atoms with van der Waals surface area (Å²) in [4.78, 5) is 55.9. The number of aromatic amines is 1. The molecule has 2 amide bonds. The largest absolute Gasteiger partial charge is 0.478 e. The van der Waals surface area contributed by atoms with E-state index < -0.39 is 23.8 Å². The lowest BCUT2D eigenvalue weighted by molar-refractivity contribution is -0.147. The van der Waals surface area contributed by atoms with Crippen LogP contribution in [0, 0.1) is 6.92 Å². The standard InChI is InChI=1S/C23H16Cl2N4O6S/c1-10-16(24)17(25)18(26-10)20(31)29(9-11-2-4-12(5-3-11)21(32)33)23-28-14-7-6-13(8-15(14)36-23)27-19(30)22(34)35/h2-8,26H,9H2,1H3,(H,27,30)(H,32,33)(H,34,35). The third kappa shape index (κ3) is 5.03. The summed E-state index contributed by atoms with van der Waals surface area (Å²) in [6.45, 7) is 1.71. The van der Waals surface area contributed by atoms with Gasteiger partial charge in [-0.1, -0.05) is 46.7 Å². The molecule has 0 saturated heterocycles. The lowest BCUT2D eigenvalue weighted by Crippen LogP contribution is -2.31. The maximum absolute atomic E-state index is 13.6. The van der Waals surface area contributed by atoms with E-state index in [1.165, 1.54) is 23.1 Å². The zero-order valence-electron chi connectivity index (χ0n) is 18.3. The third-order valence-electron chi connectivity index (χ3n) is 5.11. The fourth-order valence-corrected chi connectivity index (χ4v) is 4.72. The molecule has 0 unspecified atom stereocenters. The smallest absolute Gasteiger partial charge is 0.394 e. The highest BCUT2D eigenvalue weighted by molar-refractivity contribution is 7.22. The number of aryl methyl sites for hydroxylation is 1. The van der Waals surface area contributed by atoms with Gasteiger partial charge in [0, 0.05) is 11.4 Å². The lowest BCUT2D eigenvalue weighted by Gasteiger charge is -2.20. The normalized spacial score (nSPS) is 10.9. The van der Waals surface area contributed by atoms with Crippen molar-refractivity contribution in [3.63, 3.8) is 0 Å². The Bertz CT molecular complexity index is 1530. The first-order valence-electron chi connectivity index (χ1n) is 10.2. The van der Waals surface area contributed by atoms with Crippen LogP contribution in [0.15, 0.2) is 42.5 Å². The maximum Gasteiger partial charge on any atom is 0.394 e. The number of nitrogens with one attached hydrogen (secondary N) is 2. The molecule has 0 aliphatic heterocycles. The summed E-state index contributed by atoms with van der Waals surface area (Å²) < 4.78 is 0.582. The molecule has 0 aliphatic rings. The number of aromatic carboxylic acids is 1. The van der Waals surface area contributed by atoms with Crippen LogP contribution in [-0.2, 0) is 16.1 Å². The molecule has 10 nitrogen and oxygen atoms in total. The number of carboxylic acid groups (broad SMARTS) is 2.